The Kier molecular flexibility index (Phi) is 7.50. The first-order valence-electron chi connectivity index (χ1n) is 11.5. The molecular formula is C25H25FN4O6S. The SMILES string of the molecule is Cc1ccc(C=Cc2onc(C)c2S(=O)(=O)N2CCCC(C(=O)Nc3ccc(F)c([N+](=O)[O-])c3)C2)cc1. The van der Waals surface area contributed by atoms with E-state index in [0.29, 0.717) is 12.8 Å². The number of aryl methyl sites for hydroxylation is 2. The van der Waals surface area contributed by atoms with Crippen LogP contribution in [0, 0.1) is 35.7 Å². The summed E-state index contributed by atoms with van der Waals surface area (Å²) in [5.74, 6) is -2.15. The Balaban J connectivity index is 1.52. The molecule has 194 valence electrons. The van der Waals surface area contributed by atoms with E-state index >= 15 is 0 Å². The summed E-state index contributed by atoms with van der Waals surface area (Å²) in [5, 5.41) is 17.4. The third kappa shape index (κ3) is 5.75. The molecule has 1 unspecified atom stereocenters. The van der Waals surface area contributed by atoms with Crippen molar-refractivity contribution < 1.29 is 27.0 Å². The Morgan fingerprint density at radius 1 is 1.22 bits per heavy atom. The maximum absolute atomic E-state index is 13.6. The standard InChI is InChI=1S/C25H25FN4O6S/c1-16-5-7-18(8-6-16)9-12-23-24(17(2)28-36-23)37(34,35)29-13-3-4-19(15-29)25(31)27-20-10-11-21(26)22(14-20)30(32)33/h5-12,14,19H,3-4,13,15H2,1-2H3,(H,27,31). The molecule has 3 aromatic rings. The molecule has 0 spiro atoms. The molecule has 0 radical (unpaired) electrons. The number of rotatable bonds is 7. The number of sulfonamides is 1. The Hall–Kier alpha value is -3.90. The van der Waals surface area contributed by atoms with Gasteiger partial charge < -0.3 is 9.84 Å². The molecular weight excluding hydrogens is 503 g/mol. The summed E-state index contributed by atoms with van der Waals surface area (Å²) in [6, 6.07) is 10.7. The van der Waals surface area contributed by atoms with E-state index in [-0.39, 0.29) is 35.1 Å². The predicted molar refractivity (Wildman–Crippen MR) is 135 cm³/mol. The van der Waals surface area contributed by atoms with Crippen LogP contribution in [0.4, 0.5) is 15.8 Å². The molecule has 1 atom stereocenters. The number of anilines is 1. The van der Waals surface area contributed by atoms with Gasteiger partial charge in [0.1, 0.15) is 5.69 Å². The minimum Gasteiger partial charge on any atom is -0.355 e. The zero-order valence-corrected chi connectivity index (χ0v) is 21.0. The molecule has 1 aliphatic heterocycles. The van der Waals surface area contributed by atoms with Gasteiger partial charge in [-0.1, -0.05) is 41.1 Å². The van der Waals surface area contributed by atoms with Crippen LogP contribution >= 0.6 is 0 Å². The highest BCUT2D eigenvalue weighted by Crippen LogP contribution is 2.30. The molecule has 2 heterocycles. The summed E-state index contributed by atoms with van der Waals surface area (Å²) in [6.45, 7) is 3.62. The van der Waals surface area contributed by atoms with E-state index in [4.69, 9.17) is 4.52 Å². The zero-order chi connectivity index (χ0) is 26.7. The number of nitro benzene ring substituents is 1. The maximum atomic E-state index is 13.6. The number of carbonyl (C=O) groups excluding carboxylic acids is 1. The largest absolute Gasteiger partial charge is 0.355 e. The van der Waals surface area contributed by atoms with E-state index in [1.165, 1.54) is 17.3 Å². The molecule has 1 fully saturated rings. The van der Waals surface area contributed by atoms with Gasteiger partial charge in [-0.05, 0) is 50.5 Å². The average Bonchev–Trinajstić information content (AvgIpc) is 3.25. The molecule has 0 aliphatic carbocycles. The smallest absolute Gasteiger partial charge is 0.306 e. The molecule has 37 heavy (non-hydrogen) atoms. The molecule has 10 nitrogen and oxygen atoms in total. The van der Waals surface area contributed by atoms with Crippen LogP contribution in [0.25, 0.3) is 12.2 Å². The van der Waals surface area contributed by atoms with Gasteiger partial charge in [-0.3, -0.25) is 14.9 Å². The van der Waals surface area contributed by atoms with Crippen molar-refractivity contribution in [2.75, 3.05) is 18.4 Å². The van der Waals surface area contributed by atoms with E-state index in [1.807, 2.05) is 31.2 Å². The van der Waals surface area contributed by atoms with Crippen LogP contribution in [0.1, 0.15) is 35.4 Å². The van der Waals surface area contributed by atoms with Crippen molar-refractivity contribution in [3.63, 3.8) is 0 Å². The van der Waals surface area contributed by atoms with Crippen LogP contribution in [-0.4, -0.2) is 41.8 Å². The van der Waals surface area contributed by atoms with E-state index in [0.717, 1.165) is 23.3 Å². The fourth-order valence-electron chi connectivity index (χ4n) is 4.13. The molecule has 12 heteroatoms. The quantitative estimate of drug-likeness (QED) is 0.351. The normalized spacial score (nSPS) is 16.7. The van der Waals surface area contributed by atoms with Crippen LogP contribution in [0.2, 0.25) is 0 Å². The van der Waals surface area contributed by atoms with Gasteiger partial charge in [-0.15, -0.1) is 0 Å². The van der Waals surface area contributed by atoms with E-state index in [9.17, 15) is 27.7 Å². The fourth-order valence-corrected chi connectivity index (χ4v) is 5.90. The fraction of sp³-hybridized carbons (Fsp3) is 0.280. The monoisotopic (exact) mass is 528 g/mol. The number of hydrogen-bond acceptors (Lipinski definition) is 7. The third-order valence-electron chi connectivity index (χ3n) is 6.10. The summed E-state index contributed by atoms with van der Waals surface area (Å²) in [5.41, 5.74) is 1.45. The number of nitrogens with one attached hydrogen (secondary N) is 1. The maximum Gasteiger partial charge on any atom is 0.306 e. The highest BCUT2D eigenvalue weighted by atomic mass is 32.2. The molecule has 0 saturated carbocycles. The predicted octanol–water partition coefficient (Wildman–Crippen LogP) is 4.55. The number of carbonyl (C=O) groups is 1. The summed E-state index contributed by atoms with van der Waals surface area (Å²) in [7, 11) is -4.05. The highest BCUT2D eigenvalue weighted by Gasteiger charge is 2.37. The van der Waals surface area contributed by atoms with Gasteiger partial charge in [0, 0.05) is 24.8 Å². The lowest BCUT2D eigenvalue weighted by Gasteiger charge is -2.31. The summed E-state index contributed by atoms with van der Waals surface area (Å²) in [4.78, 5) is 22.9. The van der Waals surface area contributed by atoms with Crippen LogP contribution in [-0.2, 0) is 14.8 Å². The first-order valence-corrected chi connectivity index (χ1v) is 13.0. The first kappa shape index (κ1) is 26.2. The zero-order valence-electron chi connectivity index (χ0n) is 20.2. The van der Waals surface area contributed by atoms with Crippen molar-refractivity contribution >= 4 is 39.5 Å². The summed E-state index contributed by atoms with van der Waals surface area (Å²) >= 11 is 0. The number of halogens is 1. The van der Waals surface area contributed by atoms with E-state index in [1.54, 1.807) is 12.2 Å². The second-order valence-electron chi connectivity index (χ2n) is 8.82. The van der Waals surface area contributed by atoms with Gasteiger partial charge in [0.25, 0.3) is 0 Å². The van der Waals surface area contributed by atoms with Gasteiger partial charge in [-0.25, -0.2) is 8.42 Å². The van der Waals surface area contributed by atoms with Gasteiger partial charge in [0.2, 0.25) is 21.7 Å². The lowest BCUT2D eigenvalue weighted by atomic mass is 9.98. The van der Waals surface area contributed by atoms with E-state index < -0.39 is 38.3 Å². The van der Waals surface area contributed by atoms with Gasteiger partial charge in [0.15, 0.2) is 10.7 Å². The number of amides is 1. The van der Waals surface area contributed by atoms with Crippen molar-refractivity contribution in [1.29, 1.82) is 0 Å². The lowest BCUT2D eigenvalue weighted by Crippen LogP contribution is -2.43. The number of nitrogens with zero attached hydrogens (tertiary/aromatic N) is 3. The third-order valence-corrected chi connectivity index (χ3v) is 8.12. The highest BCUT2D eigenvalue weighted by molar-refractivity contribution is 7.89. The molecule has 0 bridgehead atoms. The second-order valence-corrected chi connectivity index (χ2v) is 10.7. The Bertz CT molecular complexity index is 1470. The van der Waals surface area contributed by atoms with Crippen molar-refractivity contribution in [2.45, 2.75) is 31.6 Å². The van der Waals surface area contributed by atoms with Crippen molar-refractivity contribution in [2.24, 2.45) is 5.92 Å². The first-order chi connectivity index (χ1) is 17.6. The number of hydrogen-bond donors (Lipinski definition) is 1. The Labute approximate surface area is 213 Å². The van der Waals surface area contributed by atoms with Gasteiger partial charge in [-0.2, -0.15) is 8.70 Å². The van der Waals surface area contributed by atoms with Crippen LogP contribution in [0.3, 0.4) is 0 Å². The summed E-state index contributed by atoms with van der Waals surface area (Å²) < 4.78 is 47.3. The molecule has 1 saturated heterocycles. The number of nitro groups is 1. The molecule has 2 aromatic carbocycles. The van der Waals surface area contributed by atoms with Crippen molar-refractivity contribution in [3.05, 3.63) is 81.0 Å². The Morgan fingerprint density at radius 2 is 1.95 bits per heavy atom. The van der Waals surface area contributed by atoms with Crippen molar-refractivity contribution in [3.8, 4) is 0 Å². The van der Waals surface area contributed by atoms with Gasteiger partial charge >= 0.3 is 5.69 Å². The molecule has 1 aliphatic rings. The van der Waals surface area contributed by atoms with Gasteiger partial charge in [0.05, 0.1) is 10.8 Å². The molecule has 1 N–H and O–H groups in total. The van der Waals surface area contributed by atoms with Crippen LogP contribution in [0.5, 0.6) is 0 Å². The average molecular weight is 529 g/mol. The summed E-state index contributed by atoms with van der Waals surface area (Å²) in [6.07, 6.45) is 4.13. The van der Waals surface area contributed by atoms with Crippen LogP contribution in [0.15, 0.2) is 51.9 Å². The minimum atomic E-state index is -4.05. The Morgan fingerprint density at radius 3 is 2.65 bits per heavy atom. The lowest BCUT2D eigenvalue weighted by molar-refractivity contribution is -0.387. The minimum absolute atomic E-state index is 0.0523. The topological polar surface area (TPSA) is 136 Å². The molecule has 4 rings (SSSR count). The number of aromatic nitrogens is 1. The second kappa shape index (κ2) is 10.6. The van der Waals surface area contributed by atoms with Crippen LogP contribution < -0.4 is 5.32 Å². The number of benzene rings is 2. The van der Waals surface area contributed by atoms with Crippen molar-refractivity contribution in [1.82, 2.24) is 9.46 Å². The number of piperidine rings is 1. The molecule has 1 aromatic heterocycles. The molecule has 1 amide bonds. The van der Waals surface area contributed by atoms with E-state index in [2.05, 4.69) is 10.5 Å².